The summed E-state index contributed by atoms with van der Waals surface area (Å²) in [6.07, 6.45) is 7.46. The maximum absolute atomic E-state index is 5.62. The van der Waals surface area contributed by atoms with Crippen LogP contribution in [0.1, 0.15) is 36.0 Å². The largest absolute Gasteiger partial charge is 0.496 e. The van der Waals surface area contributed by atoms with Crippen molar-refractivity contribution >= 4 is 0 Å². The van der Waals surface area contributed by atoms with Gasteiger partial charge in [-0.2, -0.15) is 0 Å². The van der Waals surface area contributed by atoms with Crippen molar-refractivity contribution in [2.24, 2.45) is 0 Å². The van der Waals surface area contributed by atoms with Gasteiger partial charge >= 0.3 is 0 Å². The molecule has 0 aromatic heterocycles. The fourth-order valence-electron chi connectivity index (χ4n) is 3.52. The van der Waals surface area contributed by atoms with Gasteiger partial charge in [-0.25, -0.2) is 0 Å². The smallest absolute Gasteiger partial charge is 0.122 e. The highest BCUT2D eigenvalue weighted by Crippen LogP contribution is 2.29. The number of morpholine rings is 1. The minimum atomic E-state index is 0.891. The summed E-state index contributed by atoms with van der Waals surface area (Å²) in [5, 5.41) is 0. The molecular weight excluding hydrogens is 262 g/mol. The highest BCUT2D eigenvalue weighted by molar-refractivity contribution is 5.44. The molecule has 3 heteroatoms. The van der Waals surface area contributed by atoms with E-state index in [1.54, 1.807) is 12.7 Å². The average molecular weight is 289 g/mol. The molecule has 0 saturated carbocycles. The molecule has 0 radical (unpaired) electrons. The summed E-state index contributed by atoms with van der Waals surface area (Å²) in [6.45, 7) is 5.12. The molecule has 1 aliphatic heterocycles. The fraction of sp³-hybridized carbons (Fsp3) is 0.667. The molecule has 1 aromatic rings. The van der Waals surface area contributed by atoms with Gasteiger partial charge < -0.3 is 9.47 Å². The molecule has 0 atom stereocenters. The van der Waals surface area contributed by atoms with Crippen molar-refractivity contribution in [3.63, 3.8) is 0 Å². The van der Waals surface area contributed by atoms with Crippen LogP contribution in [0.5, 0.6) is 5.75 Å². The van der Waals surface area contributed by atoms with E-state index >= 15 is 0 Å². The maximum atomic E-state index is 5.62. The van der Waals surface area contributed by atoms with Crippen LogP contribution in [0.3, 0.4) is 0 Å². The first-order chi connectivity index (χ1) is 10.4. The lowest BCUT2D eigenvalue weighted by atomic mass is 9.89. The SMILES string of the molecule is COc1cc2c(cc1CCCN1CCOCC1)CCCC2. The van der Waals surface area contributed by atoms with Gasteiger partial charge in [0, 0.05) is 13.1 Å². The summed E-state index contributed by atoms with van der Waals surface area (Å²) in [5.74, 6) is 1.10. The van der Waals surface area contributed by atoms with Gasteiger partial charge in [0.25, 0.3) is 0 Å². The average Bonchev–Trinajstić information content (AvgIpc) is 2.55. The fourth-order valence-corrected chi connectivity index (χ4v) is 3.52. The van der Waals surface area contributed by atoms with Gasteiger partial charge in [0.05, 0.1) is 20.3 Å². The number of aryl methyl sites for hydroxylation is 3. The van der Waals surface area contributed by atoms with Gasteiger partial charge in [0.1, 0.15) is 5.75 Å². The molecule has 21 heavy (non-hydrogen) atoms. The Labute approximate surface area is 128 Å². The zero-order valence-corrected chi connectivity index (χ0v) is 13.2. The van der Waals surface area contributed by atoms with Crippen LogP contribution in [0.25, 0.3) is 0 Å². The van der Waals surface area contributed by atoms with Crippen LogP contribution in [0, 0.1) is 0 Å². The summed E-state index contributed by atoms with van der Waals surface area (Å²) in [5.41, 5.74) is 4.46. The molecule has 1 aromatic carbocycles. The van der Waals surface area contributed by atoms with Crippen molar-refractivity contribution in [2.75, 3.05) is 40.0 Å². The summed E-state index contributed by atoms with van der Waals surface area (Å²) in [4.78, 5) is 2.51. The van der Waals surface area contributed by atoms with Crippen molar-refractivity contribution in [3.05, 3.63) is 28.8 Å². The molecule has 0 amide bonds. The van der Waals surface area contributed by atoms with Gasteiger partial charge in [-0.05, 0) is 67.8 Å². The lowest BCUT2D eigenvalue weighted by Gasteiger charge is -2.26. The highest BCUT2D eigenvalue weighted by Gasteiger charge is 2.15. The molecule has 0 N–H and O–H groups in total. The number of methoxy groups -OCH3 is 1. The third-order valence-electron chi connectivity index (χ3n) is 4.77. The number of hydrogen-bond donors (Lipinski definition) is 0. The van der Waals surface area contributed by atoms with Gasteiger partial charge in [-0.1, -0.05) is 6.07 Å². The third kappa shape index (κ3) is 3.78. The third-order valence-corrected chi connectivity index (χ3v) is 4.77. The Kier molecular flexibility index (Phi) is 5.15. The van der Waals surface area contributed by atoms with Crippen LogP contribution in [-0.4, -0.2) is 44.9 Å². The Hall–Kier alpha value is -1.06. The second kappa shape index (κ2) is 7.28. The van der Waals surface area contributed by atoms with E-state index in [0.717, 1.165) is 38.5 Å². The molecule has 3 nitrogen and oxygen atoms in total. The Bertz CT molecular complexity index is 467. The molecule has 1 heterocycles. The predicted molar refractivity (Wildman–Crippen MR) is 85.2 cm³/mol. The molecule has 0 bridgehead atoms. The van der Waals surface area contributed by atoms with E-state index in [2.05, 4.69) is 17.0 Å². The molecule has 3 rings (SSSR count). The first-order valence-corrected chi connectivity index (χ1v) is 8.35. The maximum Gasteiger partial charge on any atom is 0.122 e. The van der Waals surface area contributed by atoms with E-state index < -0.39 is 0 Å². The minimum Gasteiger partial charge on any atom is -0.496 e. The zero-order chi connectivity index (χ0) is 14.5. The van der Waals surface area contributed by atoms with E-state index in [-0.39, 0.29) is 0 Å². The van der Waals surface area contributed by atoms with Crippen molar-refractivity contribution in [2.45, 2.75) is 38.5 Å². The molecule has 1 aliphatic carbocycles. The van der Waals surface area contributed by atoms with Gasteiger partial charge in [0.15, 0.2) is 0 Å². The summed E-state index contributed by atoms with van der Waals surface area (Å²) >= 11 is 0. The lowest BCUT2D eigenvalue weighted by Crippen LogP contribution is -2.36. The van der Waals surface area contributed by atoms with Gasteiger partial charge in [0.2, 0.25) is 0 Å². The molecule has 0 spiro atoms. The normalized spacial score (nSPS) is 19.3. The van der Waals surface area contributed by atoms with Crippen molar-refractivity contribution in [1.82, 2.24) is 4.90 Å². The van der Waals surface area contributed by atoms with Crippen LogP contribution < -0.4 is 4.74 Å². The Morgan fingerprint density at radius 2 is 1.81 bits per heavy atom. The number of fused-ring (bicyclic) bond motifs is 1. The number of benzene rings is 1. The number of rotatable bonds is 5. The van der Waals surface area contributed by atoms with Crippen LogP contribution in [0.2, 0.25) is 0 Å². The van der Waals surface area contributed by atoms with E-state index in [9.17, 15) is 0 Å². The van der Waals surface area contributed by atoms with Crippen LogP contribution >= 0.6 is 0 Å². The Morgan fingerprint density at radius 3 is 2.52 bits per heavy atom. The summed E-state index contributed by atoms with van der Waals surface area (Å²) in [7, 11) is 1.80. The minimum absolute atomic E-state index is 0.891. The lowest BCUT2D eigenvalue weighted by molar-refractivity contribution is 0.0374. The Morgan fingerprint density at radius 1 is 1.10 bits per heavy atom. The quantitative estimate of drug-likeness (QED) is 0.832. The Balaban J connectivity index is 1.61. The standard InChI is InChI=1S/C18H27NO2/c1-20-18-14-16-6-3-2-5-15(16)13-17(18)7-4-8-19-9-11-21-12-10-19/h13-14H,2-12H2,1H3. The van der Waals surface area contributed by atoms with E-state index in [1.807, 2.05) is 0 Å². The van der Waals surface area contributed by atoms with Gasteiger partial charge in [-0.15, -0.1) is 0 Å². The van der Waals surface area contributed by atoms with Crippen LogP contribution in [0.15, 0.2) is 12.1 Å². The van der Waals surface area contributed by atoms with E-state index in [1.165, 1.54) is 49.8 Å². The second-order valence-electron chi connectivity index (χ2n) is 6.20. The van der Waals surface area contributed by atoms with E-state index in [0.29, 0.717) is 0 Å². The molecular formula is C18H27NO2. The van der Waals surface area contributed by atoms with Crippen molar-refractivity contribution in [3.8, 4) is 5.75 Å². The molecule has 2 aliphatic rings. The number of ether oxygens (including phenoxy) is 2. The molecule has 0 unspecified atom stereocenters. The second-order valence-corrected chi connectivity index (χ2v) is 6.20. The zero-order valence-electron chi connectivity index (χ0n) is 13.2. The van der Waals surface area contributed by atoms with Crippen molar-refractivity contribution < 1.29 is 9.47 Å². The van der Waals surface area contributed by atoms with Crippen molar-refractivity contribution in [1.29, 1.82) is 0 Å². The monoisotopic (exact) mass is 289 g/mol. The van der Waals surface area contributed by atoms with Crippen LogP contribution in [0.4, 0.5) is 0 Å². The first-order valence-electron chi connectivity index (χ1n) is 8.35. The highest BCUT2D eigenvalue weighted by atomic mass is 16.5. The number of nitrogens with zero attached hydrogens (tertiary/aromatic N) is 1. The number of hydrogen-bond acceptors (Lipinski definition) is 3. The molecule has 1 saturated heterocycles. The molecule has 116 valence electrons. The van der Waals surface area contributed by atoms with Gasteiger partial charge in [-0.3, -0.25) is 4.90 Å². The predicted octanol–water partition coefficient (Wildman–Crippen LogP) is 2.84. The molecule has 1 fully saturated rings. The summed E-state index contributed by atoms with van der Waals surface area (Å²) in [6, 6.07) is 4.70. The first kappa shape index (κ1) is 14.9. The summed E-state index contributed by atoms with van der Waals surface area (Å²) < 4.78 is 11.0. The van der Waals surface area contributed by atoms with Crippen LogP contribution in [-0.2, 0) is 24.0 Å². The van der Waals surface area contributed by atoms with E-state index in [4.69, 9.17) is 9.47 Å². The topological polar surface area (TPSA) is 21.7 Å².